The van der Waals surface area contributed by atoms with E-state index < -0.39 is 0 Å². The summed E-state index contributed by atoms with van der Waals surface area (Å²) in [4.78, 5) is 18.0. The van der Waals surface area contributed by atoms with Gasteiger partial charge in [0.05, 0.1) is 6.54 Å². The summed E-state index contributed by atoms with van der Waals surface area (Å²) in [6.45, 7) is 0.451. The Morgan fingerprint density at radius 1 is 1.69 bits per heavy atom. The highest BCUT2D eigenvalue weighted by Crippen LogP contribution is 2.09. The number of allylic oxidation sites excluding steroid dienone is 1. The largest absolute Gasteiger partial charge is 0.332 e. The SMILES string of the molecule is N=c1ncn2c(n1)NC=C(C=O)C2. The normalized spacial score (nSPS) is 14.0. The number of rotatable bonds is 1. The maximum absolute atomic E-state index is 10.4. The molecule has 0 aromatic carbocycles. The Hall–Kier alpha value is -1.98. The number of fused-ring (bicyclic) bond motifs is 1. The molecule has 0 bridgehead atoms. The van der Waals surface area contributed by atoms with Gasteiger partial charge in [-0.3, -0.25) is 14.8 Å². The van der Waals surface area contributed by atoms with Crippen LogP contribution in [0.15, 0.2) is 18.1 Å². The summed E-state index contributed by atoms with van der Waals surface area (Å²) < 4.78 is 1.67. The first-order chi connectivity index (χ1) is 6.29. The second kappa shape index (κ2) is 2.81. The molecule has 0 radical (unpaired) electrons. The van der Waals surface area contributed by atoms with Crippen LogP contribution in [0.4, 0.5) is 5.95 Å². The van der Waals surface area contributed by atoms with Crippen molar-refractivity contribution in [3.05, 3.63) is 23.7 Å². The van der Waals surface area contributed by atoms with Crippen molar-refractivity contribution in [1.82, 2.24) is 14.5 Å². The Morgan fingerprint density at radius 3 is 3.31 bits per heavy atom. The summed E-state index contributed by atoms with van der Waals surface area (Å²) in [7, 11) is 0. The molecule has 2 N–H and O–H groups in total. The Morgan fingerprint density at radius 2 is 2.54 bits per heavy atom. The zero-order chi connectivity index (χ0) is 9.26. The van der Waals surface area contributed by atoms with Crippen molar-refractivity contribution < 1.29 is 4.79 Å². The second-order valence-electron chi connectivity index (χ2n) is 2.61. The van der Waals surface area contributed by atoms with Gasteiger partial charge in [0.25, 0.3) is 0 Å². The van der Waals surface area contributed by atoms with E-state index in [4.69, 9.17) is 5.41 Å². The lowest BCUT2D eigenvalue weighted by Gasteiger charge is -2.15. The van der Waals surface area contributed by atoms with Crippen molar-refractivity contribution in [2.75, 3.05) is 5.32 Å². The molecule has 0 saturated carbocycles. The van der Waals surface area contributed by atoms with Gasteiger partial charge in [0.15, 0.2) is 0 Å². The molecule has 0 atom stereocenters. The smallest absolute Gasteiger partial charge is 0.246 e. The third-order valence-electron chi connectivity index (χ3n) is 1.69. The van der Waals surface area contributed by atoms with E-state index in [1.165, 1.54) is 6.33 Å². The van der Waals surface area contributed by atoms with E-state index in [2.05, 4.69) is 15.3 Å². The van der Waals surface area contributed by atoms with Crippen LogP contribution < -0.4 is 10.9 Å². The summed E-state index contributed by atoms with van der Waals surface area (Å²) in [6.07, 6.45) is 3.83. The minimum Gasteiger partial charge on any atom is -0.332 e. The lowest BCUT2D eigenvalue weighted by molar-refractivity contribution is -0.105. The van der Waals surface area contributed by atoms with Crippen LogP contribution in [0.2, 0.25) is 0 Å². The minimum atomic E-state index is -0.0401. The fraction of sp³-hybridized carbons (Fsp3) is 0.143. The van der Waals surface area contributed by atoms with Gasteiger partial charge in [0, 0.05) is 11.8 Å². The number of carbonyl (C=O) groups is 1. The fourth-order valence-corrected chi connectivity index (χ4v) is 1.07. The van der Waals surface area contributed by atoms with Crippen LogP contribution in [0.5, 0.6) is 0 Å². The monoisotopic (exact) mass is 177 g/mol. The number of nitrogens with one attached hydrogen (secondary N) is 2. The Bertz CT molecular complexity index is 433. The third-order valence-corrected chi connectivity index (χ3v) is 1.69. The minimum absolute atomic E-state index is 0.0401. The number of hydrogen-bond donors (Lipinski definition) is 2. The molecule has 0 amide bonds. The molecular weight excluding hydrogens is 170 g/mol. The van der Waals surface area contributed by atoms with E-state index >= 15 is 0 Å². The standard InChI is InChI=1S/C7H7N5O/c8-6-10-4-12-2-5(3-13)1-9-7(12)11-6/h1,3-4H,2H2,(H2,8,9,11). The van der Waals surface area contributed by atoms with Crippen LogP contribution in [-0.2, 0) is 11.3 Å². The molecule has 6 nitrogen and oxygen atoms in total. The van der Waals surface area contributed by atoms with Crippen molar-refractivity contribution in [2.24, 2.45) is 0 Å². The number of carbonyl (C=O) groups excluding carboxylic acids is 1. The second-order valence-corrected chi connectivity index (χ2v) is 2.61. The maximum Gasteiger partial charge on any atom is 0.246 e. The van der Waals surface area contributed by atoms with E-state index in [1.807, 2.05) is 0 Å². The zero-order valence-corrected chi connectivity index (χ0v) is 6.69. The molecule has 0 aliphatic carbocycles. The van der Waals surface area contributed by atoms with Crippen LogP contribution in [0.3, 0.4) is 0 Å². The molecule has 66 valence electrons. The van der Waals surface area contributed by atoms with E-state index in [1.54, 1.807) is 10.8 Å². The Balaban J connectivity index is 2.43. The first kappa shape index (κ1) is 7.66. The molecular formula is C7H7N5O. The number of nitrogens with zero attached hydrogens (tertiary/aromatic N) is 3. The molecule has 0 fully saturated rings. The Labute approximate surface area is 73.5 Å². The molecule has 2 rings (SSSR count). The highest BCUT2D eigenvalue weighted by molar-refractivity contribution is 5.74. The van der Waals surface area contributed by atoms with Crippen LogP contribution in [0, 0.1) is 5.41 Å². The van der Waals surface area contributed by atoms with Gasteiger partial charge < -0.3 is 5.32 Å². The van der Waals surface area contributed by atoms with Crippen LogP contribution >= 0.6 is 0 Å². The van der Waals surface area contributed by atoms with Gasteiger partial charge in [-0.1, -0.05) is 0 Å². The van der Waals surface area contributed by atoms with Gasteiger partial charge in [-0.15, -0.1) is 0 Å². The summed E-state index contributed by atoms with van der Waals surface area (Å²) in [6, 6.07) is 0. The van der Waals surface area contributed by atoms with E-state index in [-0.39, 0.29) is 5.62 Å². The van der Waals surface area contributed by atoms with Gasteiger partial charge in [-0.05, 0) is 0 Å². The average Bonchev–Trinajstić information content (AvgIpc) is 2.17. The number of hydrogen-bond acceptors (Lipinski definition) is 5. The maximum atomic E-state index is 10.4. The van der Waals surface area contributed by atoms with E-state index in [0.29, 0.717) is 18.1 Å². The molecule has 13 heavy (non-hydrogen) atoms. The predicted octanol–water partition coefficient (Wildman–Crippen LogP) is -0.734. The third kappa shape index (κ3) is 1.33. The average molecular weight is 177 g/mol. The van der Waals surface area contributed by atoms with Crippen LogP contribution in [0.25, 0.3) is 0 Å². The first-order valence-electron chi connectivity index (χ1n) is 3.68. The highest BCUT2D eigenvalue weighted by Gasteiger charge is 2.08. The molecule has 1 aromatic heterocycles. The molecule has 1 aliphatic heterocycles. The van der Waals surface area contributed by atoms with Crippen molar-refractivity contribution in [1.29, 1.82) is 5.41 Å². The predicted molar refractivity (Wildman–Crippen MR) is 43.6 cm³/mol. The van der Waals surface area contributed by atoms with Crippen molar-refractivity contribution in [3.63, 3.8) is 0 Å². The van der Waals surface area contributed by atoms with E-state index in [9.17, 15) is 4.79 Å². The molecule has 6 heteroatoms. The molecule has 1 aliphatic rings. The first-order valence-corrected chi connectivity index (χ1v) is 3.68. The topological polar surface area (TPSA) is 83.7 Å². The summed E-state index contributed by atoms with van der Waals surface area (Å²) >= 11 is 0. The molecule has 2 heterocycles. The van der Waals surface area contributed by atoms with Gasteiger partial charge in [0.2, 0.25) is 11.6 Å². The quantitative estimate of drug-likeness (QED) is 0.554. The summed E-state index contributed by atoms with van der Waals surface area (Å²) in [5.41, 5.74) is 0.584. The van der Waals surface area contributed by atoms with E-state index in [0.717, 1.165) is 6.29 Å². The fourth-order valence-electron chi connectivity index (χ4n) is 1.07. The van der Waals surface area contributed by atoms with Gasteiger partial charge in [0.1, 0.15) is 12.6 Å². The molecule has 0 spiro atoms. The van der Waals surface area contributed by atoms with Crippen molar-refractivity contribution >= 4 is 12.2 Å². The molecule has 0 unspecified atom stereocenters. The van der Waals surface area contributed by atoms with Crippen LogP contribution in [-0.4, -0.2) is 20.8 Å². The summed E-state index contributed by atoms with van der Waals surface area (Å²) in [5.74, 6) is 0.533. The lowest BCUT2D eigenvalue weighted by Crippen LogP contribution is -2.22. The van der Waals surface area contributed by atoms with Crippen LogP contribution in [0.1, 0.15) is 0 Å². The van der Waals surface area contributed by atoms with Gasteiger partial charge >= 0.3 is 0 Å². The van der Waals surface area contributed by atoms with Gasteiger partial charge in [-0.2, -0.15) is 4.98 Å². The van der Waals surface area contributed by atoms with Crippen molar-refractivity contribution in [3.8, 4) is 0 Å². The molecule has 1 aromatic rings. The Kier molecular flexibility index (Phi) is 1.66. The highest BCUT2D eigenvalue weighted by atomic mass is 16.1. The lowest BCUT2D eigenvalue weighted by atomic mass is 10.3. The number of anilines is 1. The number of aldehydes is 1. The summed E-state index contributed by atoms with van der Waals surface area (Å²) in [5, 5.41) is 9.97. The van der Waals surface area contributed by atoms with Crippen molar-refractivity contribution in [2.45, 2.75) is 6.54 Å². The number of aromatic nitrogens is 3. The zero-order valence-electron chi connectivity index (χ0n) is 6.69. The van der Waals surface area contributed by atoms with Gasteiger partial charge in [-0.25, -0.2) is 4.98 Å². The molecule has 0 saturated heterocycles.